The van der Waals surface area contributed by atoms with Crippen molar-refractivity contribution in [3.63, 3.8) is 0 Å². The first-order valence-electron chi connectivity index (χ1n) is 9.22. The second-order valence-electron chi connectivity index (χ2n) is 7.03. The topological polar surface area (TPSA) is 55.6 Å². The molecule has 0 bridgehead atoms. The van der Waals surface area contributed by atoms with Gasteiger partial charge in [0.15, 0.2) is 12.1 Å². The van der Waals surface area contributed by atoms with Crippen molar-refractivity contribution in [1.29, 1.82) is 0 Å². The van der Waals surface area contributed by atoms with Gasteiger partial charge in [-0.3, -0.25) is 4.79 Å². The molecule has 0 saturated carbocycles. The van der Waals surface area contributed by atoms with Crippen LogP contribution in [0.15, 0.2) is 47.4 Å². The molecule has 4 rings (SSSR count). The van der Waals surface area contributed by atoms with Gasteiger partial charge in [-0.25, -0.2) is 4.98 Å². The molecule has 0 N–H and O–H groups in total. The van der Waals surface area contributed by atoms with Gasteiger partial charge in [0.1, 0.15) is 12.0 Å². The highest BCUT2D eigenvalue weighted by Gasteiger charge is 2.24. The molecule has 1 amide bonds. The third-order valence-corrected chi connectivity index (χ3v) is 5.57. The van der Waals surface area contributed by atoms with E-state index in [0.29, 0.717) is 35.9 Å². The molecule has 0 saturated heterocycles. The molecule has 3 aromatic rings. The Morgan fingerprint density at radius 2 is 2.04 bits per heavy atom. The Hall–Kier alpha value is -2.79. The Morgan fingerprint density at radius 1 is 1.25 bits per heavy atom. The summed E-state index contributed by atoms with van der Waals surface area (Å²) in [5.41, 5.74) is 5.42. The summed E-state index contributed by atoms with van der Waals surface area (Å²) in [4.78, 5) is 18.7. The lowest BCUT2D eigenvalue weighted by Crippen LogP contribution is -2.31. The van der Waals surface area contributed by atoms with E-state index in [4.69, 9.17) is 20.8 Å². The lowest BCUT2D eigenvalue weighted by atomic mass is 9.96. The maximum Gasteiger partial charge on any atom is 0.257 e. The van der Waals surface area contributed by atoms with E-state index in [2.05, 4.69) is 17.1 Å². The van der Waals surface area contributed by atoms with Crippen molar-refractivity contribution >= 4 is 17.5 Å². The molecule has 2 heterocycles. The zero-order chi connectivity index (χ0) is 19.7. The Morgan fingerprint density at radius 3 is 2.75 bits per heavy atom. The smallest absolute Gasteiger partial charge is 0.257 e. The van der Waals surface area contributed by atoms with Crippen LogP contribution in [0.5, 0.6) is 5.75 Å². The molecule has 6 heteroatoms. The molecular formula is C22H21ClN2O3. The predicted octanol–water partition coefficient (Wildman–Crippen LogP) is 4.75. The molecule has 0 spiro atoms. The van der Waals surface area contributed by atoms with Gasteiger partial charge in [0.2, 0.25) is 0 Å². The second kappa shape index (κ2) is 7.68. The quantitative estimate of drug-likeness (QED) is 0.641. The maximum atomic E-state index is 12.8. The zero-order valence-electron chi connectivity index (χ0n) is 15.9. The Kier molecular flexibility index (Phi) is 5.09. The highest BCUT2D eigenvalue weighted by Crippen LogP contribution is 2.37. The van der Waals surface area contributed by atoms with E-state index in [1.54, 1.807) is 11.2 Å². The molecule has 0 aliphatic carbocycles. The van der Waals surface area contributed by atoms with Crippen molar-refractivity contribution in [3.05, 3.63) is 70.3 Å². The summed E-state index contributed by atoms with van der Waals surface area (Å²) >= 11 is 6.60. The van der Waals surface area contributed by atoms with Crippen LogP contribution in [0, 0.1) is 6.92 Å². The summed E-state index contributed by atoms with van der Waals surface area (Å²) in [6.45, 7) is 3.19. The fourth-order valence-electron chi connectivity index (χ4n) is 3.41. The van der Waals surface area contributed by atoms with Crippen LogP contribution >= 0.6 is 11.6 Å². The fourth-order valence-corrected chi connectivity index (χ4v) is 3.69. The average Bonchev–Trinajstić information content (AvgIpc) is 3.23. The minimum Gasteiger partial charge on any atom is -0.491 e. The van der Waals surface area contributed by atoms with Crippen molar-refractivity contribution in [2.45, 2.75) is 19.8 Å². The lowest BCUT2D eigenvalue weighted by molar-refractivity contribution is 0.0768. The molecular weight excluding hydrogens is 376 g/mol. The summed E-state index contributed by atoms with van der Waals surface area (Å²) in [6.07, 6.45) is 4.50. The van der Waals surface area contributed by atoms with Crippen LogP contribution in [0.1, 0.15) is 33.5 Å². The average molecular weight is 397 g/mol. The predicted molar refractivity (Wildman–Crippen MR) is 108 cm³/mol. The number of fused-ring (bicyclic) bond motifs is 1. The minimum absolute atomic E-state index is 0.0563. The molecule has 5 nitrogen and oxygen atoms in total. The molecule has 0 unspecified atom stereocenters. The van der Waals surface area contributed by atoms with E-state index in [1.165, 1.54) is 6.39 Å². The molecule has 28 heavy (non-hydrogen) atoms. The van der Waals surface area contributed by atoms with E-state index < -0.39 is 0 Å². The summed E-state index contributed by atoms with van der Waals surface area (Å²) in [5, 5.41) is 0.523. The van der Waals surface area contributed by atoms with Crippen LogP contribution in [0.3, 0.4) is 0 Å². The second-order valence-corrected chi connectivity index (χ2v) is 7.41. The summed E-state index contributed by atoms with van der Waals surface area (Å²) in [5.74, 6) is 0.445. The molecule has 144 valence electrons. The van der Waals surface area contributed by atoms with Gasteiger partial charge in [0.05, 0.1) is 17.2 Å². The summed E-state index contributed by atoms with van der Waals surface area (Å²) in [7, 11) is 1.81. The standard InChI is InChI=1S/C22H21ClN2O3/c1-14-17(10-15-4-6-16(7-5-15)19-12-27-13-24-19)11-18-21(20(14)23)28-9-3-8-25(2)22(18)26/h4-7,11-13H,3,8-10H2,1-2H3. The first kappa shape index (κ1) is 18.6. The number of amides is 1. The van der Waals surface area contributed by atoms with Crippen LogP contribution in [0.2, 0.25) is 5.02 Å². The van der Waals surface area contributed by atoms with Crippen LogP contribution in [0.4, 0.5) is 0 Å². The van der Waals surface area contributed by atoms with Crippen LogP contribution in [0.25, 0.3) is 11.3 Å². The first-order chi connectivity index (χ1) is 13.5. The minimum atomic E-state index is -0.0563. The Labute approximate surface area is 168 Å². The van der Waals surface area contributed by atoms with Gasteiger partial charge in [-0.15, -0.1) is 0 Å². The molecule has 1 aliphatic heterocycles. The third-order valence-electron chi connectivity index (χ3n) is 5.11. The fraction of sp³-hybridized carbons (Fsp3) is 0.273. The third kappa shape index (κ3) is 3.50. The Bertz CT molecular complexity index is 998. The molecule has 0 radical (unpaired) electrons. The van der Waals surface area contributed by atoms with Gasteiger partial charge < -0.3 is 14.1 Å². The summed E-state index contributed by atoms with van der Waals surface area (Å²) < 4.78 is 10.9. The van der Waals surface area contributed by atoms with Gasteiger partial charge in [0, 0.05) is 19.2 Å². The normalized spacial score (nSPS) is 14.2. The highest BCUT2D eigenvalue weighted by atomic mass is 35.5. The van der Waals surface area contributed by atoms with Crippen molar-refractivity contribution in [2.75, 3.05) is 20.2 Å². The number of aromatic nitrogens is 1. The molecule has 0 atom stereocenters. The zero-order valence-corrected chi connectivity index (χ0v) is 16.6. The van der Waals surface area contributed by atoms with Crippen LogP contribution in [-0.2, 0) is 6.42 Å². The molecule has 2 aromatic carbocycles. The van der Waals surface area contributed by atoms with Gasteiger partial charge in [-0.05, 0) is 42.5 Å². The number of oxazole rings is 1. The van der Waals surface area contributed by atoms with Crippen molar-refractivity contribution in [2.24, 2.45) is 0 Å². The number of carbonyl (C=O) groups is 1. The van der Waals surface area contributed by atoms with E-state index in [0.717, 1.165) is 34.4 Å². The first-order valence-corrected chi connectivity index (χ1v) is 9.60. The number of carbonyl (C=O) groups excluding carboxylic acids is 1. The van der Waals surface area contributed by atoms with Crippen molar-refractivity contribution < 1.29 is 13.9 Å². The van der Waals surface area contributed by atoms with Gasteiger partial charge in [-0.1, -0.05) is 35.9 Å². The number of ether oxygens (including phenoxy) is 1. The number of hydrogen-bond donors (Lipinski definition) is 0. The van der Waals surface area contributed by atoms with Gasteiger partial charge >= 0.3 is 0 Å². The van der Waals surface area contributed by atoms with E-state index in [-0.39, 0.29) is 5.91 Å². The Balaban J connectivity index is 1.67. The van der Waals surface area contributed by atoms with Gasteiger partial charge in [-0.2, -0.15) is 0 Å². The largest absolute Gasteiger partial charge is 0.491 e. The number of hydrogen-bond acceptors (Lipinski definition) is 4. The van der Waals surface area contributed by atoms with Crippen LogP contribution < -0.4 is 4.74 Å². The SMILES string of the molecule is Cc1c(Cc2ccc(-c3cocn3)cc2)cc2c(c1Cl)OCCCN(C)C2=O. The van der Waals surface area contributed by atoms with E-state index >= 15 is 0 Å². The number of nitrogens with zero attached hydrogens (tertiary/aromatic N) is 2. The number of halogens is 1. The number of benzene rings is 2. The number of rotatable bonds is 3. The van der Waals surface area contributed by atoms with Crippen molar-refractivity contribution in [1.82, 2.24) is 9.88 Å². The van der Waals surface area contributed by atoms with Crippen LogP contribution in [-0.4, -0.2) is 36.0 Å². The monoisotopic (exact) mass is 396 g/mol. The highest BCUT2D eigenvalue weighted by molar-refractivity contribution is 6.33. The van der Waals surface area contributed by atoms with Gasteiger partial charge in [0.25, 0.3) is 5.91 Å². The van der Waals surface area contributed by atoms with E-state index in [1.807, 2.05) is 32.2 Å². The maximum absolute atomic E-state index is 12.8. The molecule has 1 aromatic heterocycles. The molecule has 1 aliphatic rings. The van der Waals surface area contributed by atoms with E-state index in [9.17, 15) is 4.79 Å². The summed E-state index contributed by atoms with van der Waals surface area (Å²) in [6, 6.07) is 10.1. The van der Waals surface area contributed by atoms with Crippen molar-refractivity contribution in [3.8, 4) is 17.0 Å². The molecule has 0 fully saturated rings. The lowest BCUT2D eigenvalue weighted by Gasteiger charge is -2.25.